The van der Waals surface area contributed by atoms with E-state index in [1.54, 1.807) is 0 Å². The molecule has 86 valence electrons. The monoisotopic (exact) mass is 220 g/mol. The molecule has 1 aromatic rings. The average molecular weight is 220 g/mol. The molecule has 0 bridgehead atoms. The first kappa shape index (κ1) is 9.93. The minimum absolute atomic E-state index is 0.213. The summed E-state index contributed by atoms with van der Waals surface area (Å²) in [5.41, 5.74) is 7.38. The average Bonchev–Trinajstić information content (AvgIpc) is 2.83. The second-order valence-corrected chi connectivity index (χ2v) is 4.60. The number of ether oxygens (including phenoxy) is 2. The minimum Gasteiger partial charge on any atom is -0.454 e. The maximum Gasteiger partial charge on any atom is 0.231 e. The lowest BCUT2D eigenvalue weighted by Gasteiger charge is -2.14. The van der Waals surface area contributed by atoms with E-state index in [1.165, 1.54) is 5.56 Å². The summed E-state index contributed by atoms with van der Waals surface area (Å²) in [5, 5.41) is 0. The van der Waals surface area contributed by atoms with Gasteiger partial charge in [-0.2, -0.15) is 0 Å². The fraction of sp³-hybridized carbons (Fsp3) is 0.500. The fourth-order valence-corrected chi connectivity index (χ4v) is 2.53. The van der Waals surface area contributed by atoms with Crippen LogP contribution in [0.25, 0.3) is 0 Å². The molecular weight excluding hydrogens is 204 g/mol. The molecule has 1 saturated heterocycles. The lowest BCUT2D eigenvalue weighted by atomic mass is 9.94. The zero-order valence-corrected chi connectivity index (χ0v) is 9.35. The van der Waals surface area contributed by atoms with Gasteiger partial charge < -0.3 is 20.1 Å². The molecule has 0 aliphatic carbocycles. The van der Waals surface area contributed by atoms with Crippen LogP contribution in [-0.4, -0.2) is 37.9 Å². The van der Waals surface area contributed by atoms with Crippen molar-refractivity contribution in [2.75, 3.05) is 26.9 Å². The Morgan fingerprint density at radius 1 is 1.25 bits per heavy atom. The van der Waals surface area contributed by atoms with Crippen LogP contribution >= 0.6 is 0 Å². The Bertz CT molecular complexity index is 408. The molecule has 1 aromatic carbocycles. The van der Waals surface area contributed by atoms with Gasteiger partial charge in [-0.3, -0.25) is 0 Å². The second-order valence-electron chi connectivity index (χ2n) is 4.60. The predicted octanol–water partition coefficient (Wildman–Crippen LogP) is 0.772. The highest BCUT2D eigenvalue weighted by atomic mass is 16.7. The molecule has 3 rings (SSSR count). The van der Waals surface area contributed by atoms with Gasteiger partial charge in [0.25, 0.3) is 0 Å². The van der Waals surface area contributed by atoms with Crippen molar-refractivity contribution in [2.45, 2.75) is 12.0 Å². The smallest absolute Gasteiger partial charge is 0.231 e. The number of nitrogens with two attached hydrogens (primary N) is 1. The van der Waals surface area contributed by atoms with Crippen LogP contribution in [0.4, 0.5) is 0 Å². The predicted molar refractivity (Wildman–Crippen MR) is 60.8 cm³/mol. The van der Waals surface area contributed by atoms with Crippen molar-refractivity contribution in [3.05, 3.63) is 23.8 Å². The summed E-state index contributed by atoms with van der Waals surface area (Å²) in [6, 6.07) is 6.34. The van der Waals surface area contributed by atoms with E-state index in [-0.39, 0.29) is 6.04 Å². The SMILES string of the molecule is CN1CC(N)C(c2ccc3c(c2)OCO3)C1. The number of likely N-dealkylation sites (N-methyl/N-ethyl adjacent to an activating group) is 1. The Kier molecular flexibility index (Phi) is 2.26. The van der Waals surface area contributed by atoms with Gasteiger partial charge in [-0.15, -0.1) is 0 Å². The van der Waals surface area contributed by atoms with Gasteiger partial charge in [-0.05, 0) is 24.7 Å². The van der Waals surface area contributed by atoms with E-state index in [4.69, 9.17) is 15.2 Å². The van der Waals surface area contributed by atoms with E-state index in [1.807, 2.05) is 6.07 Å². The molecule has 4 heteroatoms. The summed E-state index contributed by atoms with van der Waals surface area (Å²) in [7, 11) is 2.10. The summed E-state index contributed by atoms with van der Waals surface area (Å²) in [5.74, 6) is 2.09. The van der Waals surface area contributed by atoms with E-state index in [9.17, 15) is 0 Å². The van der Waals surface area contributed by atoms with Gasteiger partial charge in [0, 0.05) is 25.0 Å². The first-order valence-electron chi connectivity index (χ1n) is 5.58. The van der Waals surface area contributed by atoms with Crippen LogP contribution in [0.1, 0.15) is 11.5 Å². The summed E-state index contributed by atoms with van der Waals surface area (Å²) in [6.45, 7) is 2.30. The van der Waals surface area contributed by atoms with E-state index < -0.39 is 0 Å². The standard InChI is InChI=1S/C12H16N2O2/c1-14-5-9(10(13)6-14)8-2-3-11-12(4-8)16-7-15-11/h2-4,9-10H,5-7,13H2,1H3. The Balaban J connectivity index is 1.89. The number of rotatable bonds is 1. The van der Waals surface area contributed by atoms with Gasteiger partial charge in [0.2, 0.25) is 6.79 Å². The molecule has 0 spiro atoms. The largest absolute Gasteiger partial charge is 0.454 e. The number of likely N-dealkylation sites (tertiary alicyclic amines) is 1. The van der Waals surface area contributed by atoms with Crippen molar-refractivity contribution in [2.24, 2.45) is 5.73 Å². The molecule has 16 heavy (non-hydrogen) atoms. The normalized spacial score (nSPS) is 28.6. The minimum atomic E-state index is 0.213. The van der Waals surface area contributed by atoms with E-state index in [0.29, 0.717) is 12.7 Å². The molecule has 1 fully saturated rings. The van der Waals surface area contributed by atoms with Gasteiger partial charge in [0.15, 0.2) is 11.5 Å². The summed E-state index contributed by atoms with van der Waals surface area (Å²) in [6.07, 6.45) is 0. The highest BCUT2D eigenvalue weighted by Gasteiger charge is 2.30. The van der Waals surface area contributed by atoms with E-state index in [0.717, 1.165) is 24.6 Å². The molecule has 0 aromatic heterocycles. The molecule has 2 atom stereocenters. The molecule has 0 saturated carbocycles. The Morgan fingerprint density at radius 3 is 2.81 bits per heavy atom. The third-order valence-corrected chi connectivity index (χ3v) is 3.37. The molecular formula is C12H16N2O2. The summed E-state index contributed by atoms with van der Waals surface area (Å²) >= 11 is 0. The van der Waals surface area contributed by atoms with Crippen molar-refractivity contribution in [3.63, 3.8) is 0 Å². The Hall–Kier alpha value is -1.26. The molecule has 4 nitrogen and oxygen atoms in total. The molecule has 2 N–H and O–H groups in total. The lowest BCUT2D eigenvalue weighted by Crippen LogP contribution is -2.27. The van der Waals surface area contributed by atoms with Crippen LogP contribution in [-0.2, 0) is 0 Å². The highest BCUT2D eigenvalue weighted by Crippen LogP contribution is 2.36. The Morgan fingerprint density at radius 2 is 2.06 bits per heavy atom. The molecule has 2 heterocycles. The van der Waals surface area contributed by atoms with Crippen molar-refractivity contribution >= 4 is 0 Å². The van der Waals surface area contributed by atoms with Gasteiger partial charge in [-0.25, -0.2) is 0 Å². The van der Waals surface area contributed by atoms with E-state index >= 15 is 0 Å². The molecule has 2 unspecified atom stereocenters. The third kappa shape index (κ3) is 1.54. The number of nitrogens with zero attached hydrogens (tertiary/aromatic N) is 1. The quantitative estimate of drug-likeness (QED) is 0.759. The second kappa shape index (κ2) is 3.64. The van der Waals surface area contributed by atoms with Crippen molar-refractivity contribution < 1.29 is 9.47 Å². The number of benzene rings is 1. The van der Waals surface area contributed by atoms with Gasteiger partial charge in [0.1, 0.15) is 0 Å². The van der Waals surface area contributed by atoms with Crippen LogP contribution in [0, 0.1) is 0 Å². The zero-order valence-electron chi connectivity index (χ0n) is 9.35. The van der Waals surface area contributed by atoms with Crippen LogP contribution < -0.4 is 15.2 Å². The fourth-order valence-electron chi connectivity index (χ4n) is 2.53. The highest BCUT2D eigenvalue weighted by molar-refractivity contribution is 5.46. The van der Waals surface area contributed by atoms with Crippen molar-refractivity contribution in [1.29, 1.82) is 0 Å². The van der Waals surface area contributed by atoms with Crippen molar-refractivity contribution in [1.82, 2.24) is 4.90 Å². The summed E-state index contributed by atoms with van der Waals surface area (Å²) in [4.78, 5) is 2.26. The maximum atomic E-state index is 6.13. The zero-order chi connectivity index (χ0) is 11.1. The van der Waals surface area contributed by atoms with Gasteiger partial charge in [-0.1, -0.05) is 6.07 Å². The van der Waals surface area contributed by atoms with Gasteiger partial charge in [0.05, 0.1) is 0 Å². The van der Waals surface area contributed by atoms with Crippen LogP contribution in [0.2, 0.25) is 0 Å². The van der Waals surface area contributed by atoms with Crippen LogP contribution in [0.15, 0.2) is 18.2 Å². The number of hydrogen-bond acceptors (Lipinski definition) is 4. The number of hydrogen-bond donors (Lipinski definition) is 1. The maximum absolute atomic E-state index is 6.13. The lowest BCUT2D eigenvalue weighted by molar-refractivity contribution is 0.174. The third-order valence-electron chi connectivity index (χ3n) is 3.37. The van der Waals surface area contributed by atoms with Crippen molar-refractivity contribution in [3.8, 4) is 11.5 Å². The first-order chi connectivity index (χ1) is 7.74. The van der Waals surface area contributed by atoms with Crippen LogP contribution in [0.5, 0.6) is 11.5 Å². The van der Waals surface area contributed by atoms with Gasteiger partial charge >= 0.3 is 0 Å². The van der Waals surface area contributed by atoms with Crippen LogP contribution in [0.3, 0.4) is 0 Å². The Labute approximate surface area is 94.9 Å². The number of fused-ring (bicyclic) bond motifs is 1. The topological polar surface area (TPSA) is 47.7 Å². The van der Waals surface area contributed by atoms with E-state index in [2.05, 4.69) is 24.1 Å². The first-order valence-corrected chi connectivity index (χ1v) is 5.58. The molecule has 0 amide bonds. The molecule has 0 radical (unpaired) electrons. The molecule has 2 aliphatic heterocycles. The molecule has 2 aliphatic rings. The summed E-state index contributed by atoms with van der Waals surface area (Å²) < 4.78 is 10.7.